The van der Waals surface area contributed by atoms with Crippen LogP contribution < -0.4 is 20.1 Å². The lowest BCUT2D eigenvalue weighted by atomic mass is 10.2. The van der Waals surface area contributed by atoms with Crippen molar-refractivity contribution in [2.24, 2.45) is 4.99 Å². The molecule has 0 spiro atoms. The van der Waals surface area contributed by atoms with Crippen LogP contribution >= 0.6 is 0 Å². The smallest absolute Gasteiger partial charge is 0.258 e. The third kappa shape index (κ3) is 5.78. The van der Waals surface area contributed by atoms with Crippen LogP contribution in [0.3, 0.4) is 0 Å². The highest BCUT2D eigenvalue weighted by Crippen LogP contribution is 2.22. The number of amides is 1. The van der Waals surface area contributed by atoms with Crippen LogP contribution in [-0.2, 0) is 6.54 Å². The average molecular weight is 408 g/mol. The number of carbonyl (C=O) groups is 1. The zero-order valence-electron chi connectivity index (χ0n) is 16.6. The van der Waals surface area contributed by atoms with E-state index >= 15 is 0 Å². The summed E-state index contributed by atoms with van der Waals surface area (Å²) in [6, 6.07) is 16.1. The maximum absolute atomic E-state index is 13.6. The molecule has 3 rings (SSSR count). The number of halogens is 1. The van der Waals surface area contributed by atoms with Crippen molar-refractivity contribution >= 4 is 17.6 Å². The maximum atomic E-state index is 13.6. The molecule has 30 heavy (non-hydrogen) atoms. The van der Waals surface area contributed by atoms with E-state index in [2.05, 4.69) is 20.6 Å². The van der Waals surface area contributed by atoms with Gasteiger partial charge in [0.05, 0.1) is 26.5 Å². The van der Waals surface area contributed by atoms with E-state index in [1.165, 1.54) is 26.4 Å². The zero-order valence-corrected chi connectivity index (χ0v) is 16.6. The third-order valence-electron chi connectivity index (χ3n) is 4.06. The van der Waals surface area contributed by atoms with Crippen molar-refractivity contribution in [3.8, 4) is 11.5 Å². The Bertz CT molecular complexity index is 1020. The number of aliphatic imine (C=N–C) groups is 1. The molecule has 0 saturated carbocycles. The maximum Gasteiger partial charge on any atom is 0.258 e. The Morgan fingerprint density at radius 1 is 1.03 bits per heavy atom. The van der Waals surface area contributed by atoms with Crippen molar-refractivity contribution in [1.29, 1.82) is 0 Å². The summed E-state index contributed by atoms with van der Waals surface area (Å²) >= 11 is 0. The summed E-state index contributed by atoms with van der Waals surface area (Å²) < 4.78 is 24.0. The SMILES string of the molecule is COc1cc(OC)cc(C(=O)NC(=NCc2ccccn2)Nc2cccc(F)c2)c1. The Hall–Kier alpha value is -3.94. The van der Waals surface area contributed by atoms with Gasteiger partial charge in [0, 0.05) is 23.5 Å². The van der Waals surface area contributed by atoms with Crippen molar-refractivity contribution in [2.75, 3.05) is 19.5 Å². The molecule has 0 saturated heterocycles. The summed E-state index contributed by atoms with van der Waals surface area (Å²) in [5.41, 5.74) is 1.48. The van der Waals surface area contributed by atoms with E-state index in [4.69, 9.17) is 9.47 Å². The summed E-state index contributed by atoms with van der Waals surface area (Å²) in [6.45, 7) is 0.222. The van der Waals surface area contributed by atoms with Crippen molar-refractivity contribution in [2.45, 2.75) is 6.54 Å². The average Bonchev–Trinajstić information content (AvgIpc) is 2.77. The molecule has 0 aliphatic rings. The summed E-state index contributed by atoms with van der Waals surface area (Å²) in [7, 11) is 3.00. The Morgan fingerprint density at radius 2 is 1.80 bits per heavy atom. The lowest BCUT2D eigenvalue weighted by Crippen LogP contribution is -2.36. The molecule has 0 unspecified atom stereocenters. The van der Waals surface area contributed by atoms with E-state index < -0.39 is 11.7 Å². The van der Waals surface area contributed by atoms with E-state index in [1.807, 2.05) is 12.1 Å². The minimum absolute atomic E-state index is 0.151. The largest absolute Gasteiger partial charge is 0.497 e. The first-order valence-electron chi connectivity index (χ1n) is 9.09. The molecular weight excluding hydrogens is 387 g/mol. The number of hydrogen-bond acceptors (Lipinski definition) is 5. The summed E-state index contributed by atoms with van der Waals surface area (Å²) in [6.07, 6.45) is 1.66. The molecule has 1 heterocycles. The van der Waals surface area contributed by atoms with Gasteiger partial charge in [-0.2, -0.15) is 0 Å². The van der Waals surface area contributed by atoms with Crippen LogP contribution in [0.2, 0.25) is 0 Å². The molecule has 0 bridgehead atoms. The van der Waals surface area contributed by atoms with E-state index in [0.717, 1.165) is 0 Å². The van der Waals surface area contributed by atoms with Crippen LogP contribution in [0, 0.1) is 5.82 Å². The molecule has 8 heteroatoms. The second-order valence-corrected chi connectivity index (χ2v) is 6.18. The minimum atomic E-state index is -0.434. The molecule has 0 radical (unpaired) electrons. The number of rotatable bonds is 6. The van der Waals surface area contributed by atoms with E-state index in [1.54, 1.807) is 42.6 Å². The van der Waals surface area contributed by atoms with E-state index in [0.29, 0.717) is 28.4 Å². The van der Waals surface area contributed by atoms with E-state index in [-0.39, 0.29) is 12.5 Å². The van der Waals surface area contributed by atoms with Gasteiger partial charge >= 0.3 is 0 Å². The van der Waals surface area contributed by atoms with Gasteiger partial charge in [0.25, 0.3) is 5.91 Å². The lowest BCUT2D eigenvalue weighted by molar-refractivity contribution is 0.0976. The highest BCUT2D eigenvalue weighted by Gasteiger charge is 2.13. The van der Waals surface area contributed by atoms with Gasteiger partial charge in [0.1, 0.15) is 17.3 Å². The predicted octanol–water partition coefficient (Wildman–Crippen LogP) is 3.64. The topological polar surface area (TPSA) is 84.8 Å². The Balaban J connectivity index is 1.85. The van der Waals surface area contributed by atoms with Crippen molar-refractivity contribution in [3.05, 3.63) is 83.9 Å². The van der Waals surface area contributed by atoms with Crippen molar-refractivity contribution in [3.63, 3.8) is 0 Å². The van der Waals surface area contributed by atoms with Gasteiger partial charge in [-0.05, 0) is 42.5 Å². The highest BCUT2D eigenvalue weighted by atomic mass is 19.1. The molecule has 7 nitrogen and oxygen atoms in total. The van der Waals surface area contributed by atoms with Crippen LogP contribution in [0.4, 0.5) is 10.1 Å². The predicted molar refractivity (Wildman–Crippen MR) is 112 cm³/mol. The Labute approximate surface area is 173 Å². The molecule has 0 fully saturated rings. The highest BCUT2D eigenvalue weighted by molar-refractivity contribution is 6.10. The second-order valence-electron chi connectivity index (χ2n) is 6.18. The van der Waals surface area contributed by atoms with Gasteiger partial charge in [0.15, 0.2) is 0 Å². The molecule has 2 N–H and O–H groups in total. The number of benzene rings is 2. The Kier molecular flexibility index (Phi) is 6.94. The normalized spacial score (nSPS) is 11.0. The summed E-state index contributed by atoms with van der Waals surface area (Å²) in [5, 5.41) is 5.65. The van der Waals surface area contributed by atoms with Gasteiger partial charge in [-0.25, -0.2) is 9.38 Å². The molecule has 154 valence electrons. The van der Waals surface area contributed by atoms with Crippen LogP contribution in [0.15, 0.2) is 71.9 Å². The number of methoxy groups -OCH3 is 2. The standard InChI is InChI=1S/C22H21FN4O3/c1-29-19-10-15(11-20(13-19)30-2)21(28)27-22(25-14-18-7-3-4-9-24-18)26-17-8-5-6-16(23)12-17/h3-13H,14H2,1-2H3,(H2,25,26,27,28). The molecule has 3 aromatic rings. The summed E-state index contributed by atoms with van der Waals surface area (Å²) in [4.78, 5) is 21.4. The molecule has 0 atom stereocenters. The molecule has 0 aliphatic heterocycles. The number of hydrogen-bond donors (Lipinski definition) is 2. The molecule has 1 aromatic heterocycles. The van der Waals surface area contributed by atoms with Gasteiger partial charge in [0.2, 0.25) is 5.96 Å². The van der Waals surface area contributed by atoms with Crippen molar-refractivity contribution in [1.82, 2.24) is 10.3 Å². The molecular formula is C22H21FN4O3. The number of nitrogens with zero attached hydrogens (tertiary/aromatic N) is 2. The third-order valence-corrected chi connectivity index (χ3v) is 4.06. The first kappa shape index (κ1) is 20.8. The van der Waals surface area contributed by atoms with Crippen LogP contribution in [-0.4, -0.2) is 31.1 Å². The van der Waals surface area contributed by atoms with E-state index in [9.17, 15) is 9.18 Å². The fourth-order valence-electron chi connectivity index (χ4n) is 2.58. The Morgan fingerprint density at radius 3 is 2.43 bits per heavy atom. The van der Waals surface area contributed by atoms with Crippen LogP contribution in [0.1, 0.15) is 16.1 Å². The van der Waals surface area contributed by atoms with Gasteiger partial charge in [-0.1, -0.05) is 12.1 Å². The zero-order chi connectivity index (χ0) is 21.3. The fourth-order valence-corrected chi connectivity index (χ4v) is 2.58. The molecule has 2 aromatic carbocycles. The lowest BCUT2D eigenvalue weighted by Gasteiger charge is -2.13. The molecule has 0 aliphatic carbocycles. The number of carbonyl (C=O) groups excluding carboxylic acids is 1. The van der Waals surface area contributed by atoms with Gasteiger partial charge < -0.3 is 14.8 Å². The first-order chi connectivity index (χ1) is 14.6. The number of ether oxygens (including phenoxy) is 2. The van der Waals surface area contributed by atoms with Crippen molar-refractivity contribution < 1.29 is 18.7 Å². The number of pyridine rings is 1. The van der Waals surface area contributed by atoms with Gasteiger partial charge in [-0.15, -0.1) is 0 Å². The number of guanidine groups is 1. The number of aromatic nitrogens is 1. The quantitative estimate of drug-likeness (QED) is 0.481. The second kappa shape index (κ2) is 10.0. The number of anilines is 1. The van der Waals surface area contributed by atoms with Crippen LogP contribution in [0.5, 0.6) is 11.5 Å². The first-order valence-corrected chi connectivity index (χ1v) is 9.09. The van der Waals surface area contributed by atoms with Gasteiger partial charge in [-0.3, -0.25) is 15.1 Å². The van der Waals surface area contributed by atoms with Crippen LogP contribution in [0.25, 0.3) is 0 Å². The summed E-state index contributed by atoms with van der Waals surface area (Å²) in [5.74, 6) is 0.260. The monoisotopic (exact) mass is 408 g/mol. The molecule has 1 amide bonds. The fraction of sp³-hybridized carbons (Fsp3) is 0.136. The minimum Gasteiger partial charge on any atom is -0.497 e. The number of nitrogens with one attached hydrogen (secondary N) is 2.